The number of aryl methyl sites for hydroxylation is 1. The standard InChI is InChI=1S/C20H25N5O5S2/c1-6-12(16(26)22-20-24-23-13(31-20)8-29-5)25-9-21-17-14(18(25)27)11(4)15(32-17)19(28)30-7-10(2)3/h9-10,12H,6-8H2,1-5H3,(H,22,24,26). The van der Waals surface area contributed by atoms with Crippen molar-refractivity contribution in [3.05, 3.63) is 32.1 Å². The Morgan fingerprint density at radius 1 is 1.25 bits per heavy atom. The van der Waals surface area contributed by atoms with E-state index in [4.69, 9.17) is 9.47 Å². The van der Waals surface area contributed by atoms with E-state index in [9.17, 15) is 14.4 Å². The molecule has 0 aromatic carbocycles. The number of thiophene rings is 1. The van der Waals surface area contributed by atoms with Crippen molar-refractivity contribution in [2.75, 3.05) is 19.0 Å². The van der Waals surface area contributed by atoms with Crippen molar-refractivity contribution in [1.82, 2.24) is 19.7 Å². The highest BCUT2D eigenvalue weighted by Gasteiger charge is 2.25. The first-order valence-electron chi connectivity index (χ1n) is 10.1. The number of carbonyl (C=O) groups excluding carboxylic acids is 2. The molecule has 3 heterocycles. The second-order valence-electron chi connectivity index (χ2n) is 7.53. The van der Waals surface area contributed by atoms with Crippen molar-refractivity contribution in [2.24, 2.45) is 5.92 Å². The molecule has 32 heavy (non-hydrogen) atoms. The average molecular weight is 480 g/mol. The smallest absolute Gasteiger partial charge is 0.348 e. The third kappa shape index (κ3) is 5.03. The number of rotatable bonds is 9. The second kappa shape index (κ2) is 10.3. The predicted octanol–water partition coefficient (Wildman–Crippen LogP) is 3.17. The van der Waals surface area contributed by atoms with Crippen LogP contribution in [-0.2, 0) is 20.9 Å². The maximum atomic E-state index is 13.3. The second-order valence-corrected chi connectivity index (χ2v) is 9.59. The zero-order valence-corrected chi connectivity index (χ0v) is 20.1. The Balaban J connectivity index is 1.90. The first-order valence-corrected chi connectivity index (χ1v) is 11.7. The largest absolute Gasteiger partial charge is 0.461 e. The van der Waals surface area contributed by atoms with Gasteiger partial charge in [-0.15, -0.1) is 21.5 Å². The Hall–Kier alpha value is -2.70. The topological polar surface area (TPSA) is 125 Å². The summed E-state index contributed by atoms with van der Waals surface area (Å²) in [6, 6.07) is -0.801. The number of esters is 1. The maximum Gasteiger partial charge on any atom is 0.348 e. The van der Waals surface area contributed by atoms with Crippen molar-refractivity contribution in [3.8, 4) is 0 Å². The molecule has 1 N–H and O–H groups in total. The summed E-state index contributed by atoms with van der Waals surface area (Å²) in [5.41, 5.74) is 0.125. The number of methoxy groups -OCH3 is 1. The van der Waals surface area contributed by atoms with Crippen molar-refractivity contribution in [3.63, 3.8) is 0 Å². The molecule has 1 atom stereocenters. The molecule has 0 saturated heterocycles. The van der Waals surface area contributed by atoms with Crippen molar-refractivity contribution >= 4 is 49.9 Å². The number of hydrogen-bond acceptors (Lipinski definition) is 10. The van der Waals surface area contributed by atoms with Gasteiger partial charge < -0.3 is 9.47 Å². The fraction of sp³-hybridized carbons (Fsp3) is 0.500. The molecule has 172 valence electrons. The molecule has 0 saturated carbocycles. The number of ether oxygens (including phenoxy) is 2. The first-order chi connectivity index (χ1) is 15.3. The van der Waals surface area contributed by atoms with Crippen LogP contribution < -0.4 is 10.9 Å². The van der Waals surface area contributed by atoms with Crippen LogP contribution in [-0.4, -0.2) is 45.3 Å². The van der Waals surface area contributed by atoms with Crippen LogP contribution in [0.3, 0.4) is 0 Å². The van der Waals surface area contributed by atoms with Gasteiger partial charge >= 0.3 is 5.97 Å². The summed E-state index contributed by atoms with van der Waals surface area (Å²) >= 11 is 2.32. The average Bonchev–Trinajstić information content (AvgIpc) is 3.33. The van der Waals surface area contributed by atoms with E-state index in [1.165, 1.54) is 22.2 Å². The van der Waals surface area contributed by atoms with E-state index in [-0.39, 0.29) is 11.5 Å². The van der Waals surface area contributed by atoms with Gasteiger partial charge in [-0.05, 0) is 24.8 Å². The molecule has 10 nitrogen and oxygen atoms in total. The molecule has 0 aliphatic rings. The highest BCUT2D eigenvalue weighted by atomic mass is 32.1. The van der Waals surface area contributed by atoms with Gasteiger partial charge in [0.2, 0.25) is 11.0 Å². The van der Waals surface area contributed by atoms with E-state index < -0.39 is 17.9 Å². The van der Waals surface area contributed by atoms with Crippen LogP contribution in [0, 0.1) is 12.8 Å². The Morgan fingerprint density at radius 2 is 2.00 bits per heavy atom. The number of aromatic nitrogens is 4. The molecule has 1 amide bonds. The van der Waals surface area contributed by atoms with Crippen LogP contribution >= 0.6 is 22.7 Å². The molecular formula is C20H25N5O5S2. The van der Waals surface area contributed by atoms with Crippen LogP contribution in [0.5, 0.6) is 0 Å². The third-order valence-electron chi connectivity index (χ3n) is 4.60. The lowest BCUT2D eigenvalue weighted by atomic mass is 10.1. The van der Waals surface area contributed by atoms with Gasteiger partial charge in [0.1, 0.15) is 27.4 Å². The Morgan fingerprint density at radius 3 is 2.66 bits per heavy atom. The van der Waals surface area contributed by atoms with Gasteiger partial charge in [0, 0.05) is 7.11 Å². The number of anilines is 1. The van der Waals surface area contributed by atoms with Crippen LogP contribution in [0.1, 0.15) is 53.5 Å². The molecule has 1 unspecified atom stereocenters. The van der Waals surface area contributed by atoms with Crippen LogP contribution in [0.4, 0.5) is 5.13 Å². The van der Waals surface area contributed by atoms with E-state index in [2.05, 4.69) is 20.5 Å². The van der Waals surface area contributed by atoms with Crippen molar-refractivity contribution in [2.45, 2.75) is 46.8 Å². The van der Waals surface area contributed by atoms with E-state index in [0.717, 1.165) is 11.3 Å². The first kappa shape index (κ1) is 24.0. The third-order valence-corrected chi connectivity index (χ3v) is 6.59. The maximum absolute atomic E-state index is 13.3. The summed E-state index contributed by atoms with van der Waals surface area (Å²) in [5.74, 6) is -0.676. The van der Waals surface area contributed by atoms with Gasteiger partial charge in [0.15, 0.2) is 0 Å². The normalized spacial score (nSPS) is 12.3. The van der Waals surface area contributed by atoms with E-state index in [1.54, 1.807) is 21.0 Å². The summed E-state index contributed by atoms with van der Waals surface area (Å²) in [7, 11) is 1.55. The molecule has 3 rings (SSSR count). The molecular weight excluding hydrogens is 454 g/mol. The number of nitrogens with zero attached hydrogens (tertiary/aromatic N) is 4. The highest BCUT2D eigenvalue weighted by molar-refractivity contribution is 7.20. The van der Waals surface area contributed by atoms with Crippen LogP contribution in [0.2, 0.25) is 0 Å². The molecule has 3 aromatic heterocycles. The molecule has 0 bridgehead atoms. The summed E-state index contributed by atoms with van der Waals surface area (Å²) < 4.78 is 11.6. The Bertz CT molecular complexity index is 1180. The van der Waals surface area contributed by atoms with Crippen molar-refractivity contribution < 1.29 is 19.1 Å². The lowest BCUT2D eigenvalue weighted by molar-refractivity contribution is -0.119. The van der Waals surface area contributed by atoms with Crippen LogP contribution in [0.25, 0.3) is 10.2 Å². The molecule has 0 radical (unpaired) electrons. The number of hydrogen-bond donors (Lipinski definition) is 1. The number of carbonyl (C=O) groups is 2. The number of fused-ring (bicyclic) bond motifs is 1. The van der Waals surface area contributed by atoms with Gasteiger partial charge in [-0.25, -0.2) is 9.78 Å². The fourth-order valence-electron chi connectivity index (χ4n) is 3.04. The highest BCUT2D eigenvalue weighted by Crippen LogP contribution is 2.28. The zero-order valence-electron chi connectivity index (χ0n) is 18.5. The number of nitrogens with one attached hydrogen (secondary N) is 1. The Kier molecular flexibility index (Phi) is 7.69. The molecule has 0 aliphatic carbocycles. The minimum absolute atomic E-state index is 0.200. The monoisotopic (exact) mass is 479 g/mol. The van der Waals surface area contributed by atoms with Gasteiger partial charge in [-0.3, -0.25) is 19.5 Å². The van der Waals surface area contributed by atoms with E-state index >= 15 is 0 Å². The van der Waals surface area contributed by atoms with E-state index in [1.807, 2.05) is 13.8 Å². The predicted molar refractivity (Wildman–Crippen MR) is 122 cm³/mol. The Labute approximate surface area is 192 Å². The molecule has 0 aliphatic heterocycles. The fourth-order valence-corrected chi connectivity index (χ4v) is 4.79. The minimum atomic E-state index is -0.801. The zero-order chi connectivity index (χ0) is 23.4. The SMILES string of the molecule is CCC(C(=O)Nc1nnc(COC)s1)n1cnc2sc(C(=O)OCC(C)C)c(C)c2c1=O. The molecule has 0 fully saturated rings. The van der Waals surface area contributed by atoms with E-state index in [0.29, 0.717) is 50.4 Å². The summed E-state index contributed by atoms with van der Waals surface area (Å²) in [6.45, 7) is 7.97. The van der Waals surface area contributed by atoms with Gasteiger partial charge in [0.25, 0.3) is 5.56 Å². The lowest BCUT2D eigenvalue weighted by Crippen LogP contribution is -2.33. The minimum Gasteiger partial charge on any atom is -0.461 e. The van der Waals surface area contributed by atoms with Gasteiger partial charge in [-0.2, -0.15) is 0 Å². The quantitative estimate of drug-likeness (QED) is 0.464. The molecule has 0 spiro atoms. The summed E-state index contributed by atoms with van der Waals surface area (Å²) in [4.78, 5) is 43.7. The molecule has 12 heteroatoms. The lowest BCUT2D eigenvalue weighted by Gasteiger charge is -2.16. The molecule has 3 aromatic rings. The van der Waals surface area contributed by atoms with Crippen LogP contribution in [0.15, 0.2) is 11.1 Å². The van der Waals surface area contributed by atoms with Gasteiger partial charge in [0.05, 0.1) is 18.3 Å². The summed E-state index contributed by atoms with van der Waals surface area (Å²) in [5, 5.41) is 11.8. The van der Waals surface area contributed by atoms with Crippen molar-refractivity contribution in [1.29, 1.82) is 0 Å². The van der Waals surface area contributed by atoms with Gasteiger partial charge in [-0.1, -0.05) is 32.1 Å². The number of amides is 1. The summed E-state index contributed by atoms with van der Waals surface area (Å²) in [6.07, 6.45) is 1.70.